The Balaban J connectivity index is 1.98. The molecule has 0 aromatic carbocycles. The zero-order valence-electron chi connectivity index (χ0n) is 14.3. The molecule has 0 unspecified atom stereocenters. The minimum atomic E-state index is -0.859. The minimum absolute atomic E-state index is 0.297. The number of hydrogen-bond acceptors (Lipinski definition) is 6. The summed E-state index contributed by atoms with van der Waals surface area (Å²) >= 11 is 0. The first-order chi connectivity index (χ1) is 11.5. The molecule has 24 heavy (non-hydrogen) atoms. The summed E-state index contributed by atoms with van der Waals surface area (Å²) in [5, 5.41) is 3.26. The molecular formula is C18H22N4O2. The number of aryl methyl sites for hydroxylation is 1. The van der Waals surface area contributed by atoms with Crippen molar-refractivity contribution in [3.8, 4) is 11.5 Å². The van der Waals surface area contributed by atoms with Gasteiger partial charge in [0.15, 0.2) is 5.82 Å². The molecule has 1 N–H and O–H groups in total. The second-order valence-electron chi connectivity index (χ2n) is 6.36. The highest BCUT2D eigenvalue weighted by Crippen LogP contribution is 2.30. The fourth-order valence-electron chi connectivity index (χ4n) is 2.80. The van der Waals surface area contributed by atoms with Gasteiger partial charge in [0.1, 0.15) is 17.1 Å². The third-order valence-corrected chi connectivity index (χ3v) is 4.04. The quantitative estimate of drug-likeness (QED) is 0.851. The Morgan fingerprint density at radius 2 is 2.12 bits per heavy atom. The van der Waals surface area contributed by atoms with Gasteiger partial charge in [-0.15, -0.1) is 0 Å². The van der Waals surface area contributed by atoms with Crippen molar-refractivity contribution >= 4 is 11.8 Å². The second kappa shape index (κ2) is 6.55. The highest BCUT2D eigenvalue weighted by Gasteiger charge is 2.32. The van der Waals surface area contributed by atoms with Crippen LogP contribution in [-0.2, 0) is 22.4 Å². The van der Waals surface area contributed by atoms with Crippen molar-refractivity contribution in [3.63, 3.8) is 0 Å². The highest BCUT2D eigenvalue weighted by molar-refractivity contribution is 5.83. The Bertz CT molecular complexity index is 744. The van der Waals surface area contributed by atoms with Crippen LogP contribution >= 0.6 is 0 Å². The maximum absolute atomic E-state index is 12.2. The molecule has 2 heterocycles. The van der Waals surface area contributed by atoms with E-state index >= 15 is 0 Å². The topological polar surface area (TPSA) is 77.0 Å². The predicted octanol–water partition coefficient (Wildman–Crippen LogP) is 2.78. The Hall–Kier alpha value is -2.50. The summed E-state index contributed by atoms with van der Waals surface area (Å²) < 4.78 is 5.16. The maximum Gasteiger partial charge on any atom is 0.331 e. The van der Waals surface area contributed by atoms with Crippen LogP contribution in [0.4, 0.5) is 5.82 Å². The van der Waals surface area contributed by atoms with Crippen LogP contribution in [0.15, 0.2) is 24.4 Å². The molecule has 0 aliphatic heterocycles. The molecule has 0 fully saturated rings. The van der Waals surface area contributed by atoms with Crippen LogP contribution in [0.1, 0.15) is 38.4 Å². The van der Waals surface area contributed by atoms with Gasteiger partial charge in [-0.3, -0.25) is 4.98 Å². The largest absolute Gasteiger partial charge is 0.464 e. The van der Waals surface area contributed by atoms with Gasteiger partial charge in [0, 0.05) is 17.5 Å². The summed E-state index contributed by atoms with van der Waals surface area (Å²) in [6, 6.07) is 5.66. The lowest BCUT2D eigenvalue weighted by Crippen LogP contribution is -2.42. The number of pyridine rings is 1. The number of fused-ring (bicyclic) bond motifs is 1. The van der Waals surface area contributed by atoms with Gasteiger partial charge in [-0.1, -0.05) is 6.07 Å². The first kappa shape index (κ1) is 16.4. The van der Waals surface area contributed by atoms with Crippen molar-refractivity contribution in [1.29, 1.82) is 0 Å². The van der Waals surface area contributed by atoms with Gasteiger partial charge in [0.05, 0.1) is 6.61 Å². The summed E-state index contributed by atoms with van der Waals surface area (Å²) in [6.45, 7) is 5.75. The Kier molecular flexibility index (Phi) is 4.46. The molecule has 0 spiro atoms. The number of carbonyl (C=O) groups excluding carboxylic acids is 1. The number of ether oxygens (including phenoxy) is 1. The van der Waals surface area contributed by atoms with Crippen LogP contribution in [0.5, 0.6) is 0 Å². The van der Waals surface area contributed by atoms with E-state index in [0.29, 0.717) is 18.2 Å². The van der Waals surface area contributed by atoms with Gasteiger partial charge in [-0.05, 0) is 52.2 Å². The molecule has 1 aliphatic carbocycles. The van der Waals surface area contributed by atoms with E-state index in [1.54, 1.807) is 27.0 Å². The third-order valence-electron chi connectivity index (χ3n) is 4.04. The smallest absolute Gasteiger partial charge is 0.331 e. The molecule has 6 heteroatoms. The average Bonchev–Trinajstić information content (AvgIpc) is 3.04. The van der Waals surface area contributed by atoms with Crippen LogP contribution in [0.3, 0.4) is 0 Å². The lowest BCUT2D eigenvalue weighted by Gasteiger charge is -2.25. The molecule has 0 atom stereocenters. The molecule has 0 bridgehead atoms. The third kappa shape index (κ3) is 3.22. The van der Waals surface area contributed by atoms with Crippen LogP contribution in [0.25, 0.3) is 11.5 Å². The molecule has 3 rings (SSSR count). The fraction of sp³-hybridized carbons (Fsp3) is 0.444. The van der Waals surface area contributed by atoms with Gasteiger partial charge in [-0.25, -0.2) is 14.8 Å². The molecule has 2 aromatic rings. The lowest BCUT2D eigenvalue weighted by molar-refractivity contribution is -0.147. The average molecular weight is 326 g/mol. The number of nitrogens with zero attached hydrogens (tertiary/aromatic N) is 3. The minimum Gasteiger partial charge on any atom is -0.464 e. The number of rotatable bonds is 5. The zero-order valence-corrected chi connectivity index (χ0v) is 14.3. The number of carbonyl (C=O) groups is 1. The van der Waals surface area contributed by atoms with Crippen molar-refractivity contribution in [1.82, 2.24) is 15.0 Å². The Morgan fingerprint density at radius 3 is 2.83 bits per heavy atom. The van der Waals surface area contributed by atoms with Crippen LogP contribution in [-0.4, -0.2) is 33.1 Å². The van der Waals surface area contributed by atoms with Crippen LogP contribution < -0.4 is 5.32 Å². The van der Waals surface area contributed by atoms with Crippen LogP contribution in [0, 0.1) is 0 Å². The molecule has 1 aliphatic rings. The number of aromatic nitrogens is 3. The van der Waals surface area contributed by atoms with Gasteiger partial charge >= 0.3 is 5.97 Å². The highest BCUT2D eigenvalue weighted by atomic mass is 16.5. The number of esters is 1. The van der Waals surface area contributed by atoms with E-state index in [9.17, 15) is 4.79 Å². The van der Waals surface area contributed by atoms with Gasteiger partial charge in [-0.2, -0.15) is 0 Å². The van der Waals surface area contributed by atoms with Crippen LogP contribution in [0.2, 0.25) is 0 Å². The van der Waals surface area contributed by atoms with Crippen molar-refractivity contribution in [2.75, 3.05) is 11.9 Å². The molecule has 126 valence electrons. The van der Waals surface area contributed by atoms with Crippen molar-refractivity contribution < 1.29 is 9.53 Å². The molecule has 6 nitrogen and oxygen atoms in total. The van der Waals surface area contributed by atoms with E-state index in [1.807, 2.05) is 18.2 Å². The van der Waals surface area contributed by atoms with Gasteiger partial charge < -0.3 is 10.1 Å². The van der Waals surface area contributed by atoms with E-state index in [-0.39, 0.29) is 5.97 Å². The van der Waals surface area contributed by atoms with Crippen molar-refractivity contribution in [2.24, 2.45) is 0 Å². The van der Waals surface area contributed by atoms with E-state index in [2.05, 4.69) is 20.3 Å². The molecule has 0 saturated carbocycles. The standard InChI is InChI=1S/C18H22N4O2/c1-4-24-17(23)18(2,3)22-15-12-8-7-10-13(12)20-16(21-15)14-9-5-6-11-19-14/h5-6,9,11H,4,7-8,10H2,1-3H3,(H,20,21,22). The Labute approximate surface area is 141 Å². The van der Waals surface area contributed by atoms with E-state index < -0.39 is 5.54 Å². The fourth-order valence-corrected chi connectivity index (χ4v) is 2.80. The first-order valence-corrected chi connectivity index (χ1v) is 8.28. The van der Waals surface area contributed by atoms with Gasteiger partial charge in [0.25, 0.3) is 0 Å². The van der Waals surface area contributed by atoms with Crippen molar-refractivity contribution in [3.05, 3.63) is 35.7 Å². The zero-order chi connectivity index (χ0) is 17.2. The monoisotopic (exact) mass is 326 g/mol. The summed E-state index contributed by atoms with van der Waals surface area (Å²) in [7, 11) is 0. The number of nitrogens with one attached hydrogen (secondary N) is 1. The van der Waals surface area contributed by atoms with E-state index in [1.165, 1.54) is 0 Å². The second-order valence-corrected chi connectivity index (χ2v) is 6.36. The maximum atomic E-state index is 12.2. The van der Waals surface area contributed by atoms with E-state index in [0.717, 1.165) is 36.2 Å². The summed E-state index contributed by atoms with van der Waals surface area (Å²) in [4.78, 5) is 25.8. The number of anilines is 1. The predicted molar refractivity (Wildman–Crippen MR) is 91.6 cm³/mol. The SMILES string of the molecule is CCOC(=O)C(C)(C)Nc1nc(-c2ccccn2)nc2c1CCC2. The van der Waals surface area contributed by atoms with Crippen molar-refractivity contribution in [2.45, 2.75) is 45.6 Å². The lowest BCUT2D eigenvalue weighted by atomic mass is 10.1. The molecule has 0 radical (unpaired) electrons. The summed E-state index contributed by atoms with van der Waals surface area (Å²) in [5.41, 5.74) is 1.99. The van der Waals surface area contributed by atoms with E-state index in [4.69, 9.17) is 4.74 Å². The summed E-state index contributed by atoms with van der Waals surface area (Å²) in [6.07, 6.45) is 4.61. The normalized spacial score (nSPS) is 13.5. The number of hydrogen-bond donors (Lipinski definition) is 1. The first-order valence-electron chi connectivity index (χ1n) is 8.28. The molecule has 2 aromatic heterocycles. The molecule has 0 saturated heterocycles. The summed E-state index contributed by atoms with van der Waals surface area (Å²) in [5.74, 6) is 0.990. The van der Waals surface area contributed by atoms with Gasteiger partial charge in [0.2, 0.25) is 0 Å². The molecule has 0 amide bonds. The Morgan fingerprint density at radius 1 is 1.29 bits per heavy atom. The molecular weight excluding hydrogens is 304 g/mol.